The van der Waals surface area contributed by atoms with E-state index in [1.54, 1.807) is 6.07 Å². The Kier molecular flexibility index (Phi) is 2.54. The van der Waals surface area contributed by atoms with Crippen molar-refractivity contribution in [2.24, 2.45) is 0 Å². The third-order valence-electron chi connectivity index (χ3n) is 2.49. The Morgan fingerprint density at radius 2 is 2.14 bits per heavy atom. The maximum Gasteiger partial charge on any atom is 0.178 e. The second kappa shape index (κ2) is 3.55. The fourth-order valence-electron chi connectivity index (χ4n) is 1.89. The number of sulfone groups is 1. The Morgan fingerprint density at radius 3 is 2.86 bits per heavy atom. The lowest BCUT2D eigenvalue weighted by atomic mass is 10.1. The van der Waals surface area contributed by atoms with Crippen LogP contribution in [0.2, 0.25) is 0 Å². The van der Waals surface area contributed by atoms with E-state index in [-0.39, 0.29) is 11.6 Å². The molecule has 0 N–H and O–H groups in total. The van der Waals surface area contributed by atoms with Gasteiger partial charge in [-0.2, -0.15) is 0 Å². The molecule has 1 heterocycles. The Balaban J connectivity index is 2.71. The maximum absolute atomic E-state index is 11.8. The first kappa shape index (κ1) is 9.99. The summed E-state index contributed by atoms with van der Waals surface area (Å²) in [5, 5.41) is 0. The van der Waals surface area contributed by atoms with Crippen LogP contribution in [0.1, 0.15) is 17.5 Å². The molecule has 14 heavy (non-hydrogen) atoms. The third kappa shape index (κ3) is 1.55. The van der Waals surface area contributed by atoms with Gasteiger partial charge in [0, 0.05) is 5.88 Å². The quantitative estimate of drug-likeness (QED) is 0.693. The summed E-state index contributed by atoms with van der Waals surface area (Å²) >= 11 is 5.73. The molecule has 1 aromatic carbocycles. The van der Waals surface area contributed by atoms with Gasteiger partial charge in [-0.05, 0) is 24.0 Å². The highest BCUT2D eigenvalue weighted by molar-refractivity contribution is 7.91. The van der Waals surface area contributed by atoms with Gasteiger partial charge < -0.3 is 0 Å². The zero-order valence-corrected chi connectivity index (χ0v) is 9.24. The normalized spacial score (nSPS) is 18.9. The molecule has 0 atom stereocenters. The van der Waals surface area contributed by atoms with Crippen molar-refractivity contribution in [3.63, 3.8) is 0 Å². The lowest BCUT2D eigenvalue weighted by Gasteiger charge is -2.18. The van der Waals surface area contributed by atoms with Crippen molar-refractivity contribution in [2.45, 2.75) is 23.6 Å². The number of rotatable bonds is 1. The van der Waals surface area contributed by atoms with Crippen LogP contribution in [0.15, 0.2) is 23.1 Å². The van der Waals surface area contributed by atoms with E-state index < -0.39 is 9.84 Å². The largest absolute Gasteiger partial charge is 0.224 e. The van der Waals surface area contributed by atoms with Gasteiger partial charge in [0.15, 0.2) is 9.84 Å². The highest BCUT2D eigenvalue weighted by atomic mass is 35.5. The van der Waals surface area contributed by atoms with Crippen LogP contribution in [0.25, 0.3) is 0 Å². The van der Waals surface area contributed by atoms with Crippen LogP contribution >= 0.6 is 11.6 Å². The molecule has 76 valence electrons. The average molecular weight is 231 g/mol. The van der Waals surface area contributed by atoms with Crippen LogP contribution in [0, 0.1) is 0 Å². The Hall–Kier alpha value is -0.540. The van der Waals surface area contributed by atoms with E-state index >= 15 is 0 Å². The molecule has 0 radical (unpaired) electrons. The highest BCUT2D eigenvalue weighted by Gasteiger charge is 2.25. The summed E-state index contributed by atoms with van der Waals surface area (Å²) in [5.74, 6) is 0.524. The zero-order valence-electron chi connectivity index (χ0n) is 7.66. The first-order chi connectivity index (χ1) is 6.65. The number of hydrogen-bond donors (Lipinski definition) is 0. The van der Waals surface area contributed by atoms with Gasteiger partial charge in [-0.3, -0.25) is 0 Å². The van der Waals surface area contributed by atoms with Gasteiger partial charge in [0.05, 0.1) is 10.6 Å². The molecular weight excluding hydrogens is 220 g/mol. The first-order valence-corrected chi connectivity index (χ1v) is 6.73. The molecule has 1 aliphatic heterocycles. The molecule has 0 aromatic heterocycles. The SMILES string of the molecule is O=S1(=O)CCCc2cccc(CCl)c21. The molecule has 0 spiro atoms. The fourth-order valence-corrected chi connectivity index (χ4v) is 4.03. The van der Waals surface area contributed by atoms with Crippen LogP contribution in [0.5, 0.6) is 0 Å². The van der Waals surface area contributed by atoms with Crippen LogP contribution in [0.4, 0.5) is 0 Å². The summed E-state index contributed by atoms with van der Waals surface area (Å²) in [6.45, 7) is 0. The van der Waals surface area contributed by atoms with Gasteiger partial charge in [-0.15, -0.1) is 11.6 Å². The second-order valence-electron chi connectivity index (χ2n) is 3.46. The van der Waals surface area contributed by atoms with Crippen molar-refractivity contribution >= 4 is 21.4 Å². The molecule has 0 saturated carbocycles. The molecule has 4 heteroatoms. The van der Waals surface area contributed by atoms with Crippen LogP contribution in [-0.2, 0) is 22.1 Å². The third-order valence-corrected chi connectivity index (χ3v) is 4.75. The summed E-state index contributed by atoms with van der Waals surface area (Å²) in [4.78, 5) is 0.487. The molecule has 2 nitrogen and oxygen atoms in total. The molecular formula is C10H11ClO2S. The number of alkyl halides is 1. The van der Waals surface area contributed by atoms with E-state index in [0.717, 1.165) is 24.0 Å². The molecule has 2 rings (SSSR count). The fraction of sp³-hybridized carbons (Fsp3) is 0.400. The molecule has 1 aliphatic rings. The summed E-state index contributed by atoms with van der Waals surface area (Å²) in [6, 6.07) is 5.54. The van der Waals surface area contributed by atoms with E-state index in [4.69, 9.17) is 11.6 Å². The lowest BCUT2D eigenvalue weighted by molar-refractivity contribution is 0.585. The second-order valence-corrected chi connectivity index (χ2v) is 5.77. The molecule has 0 fully saturated rings. The molecule has 0 amide bonds. The predicted octanol–water partition coefficient (Wildman–Crippen LogP) is 2.15. The minimum absolute atomic E-state index is 0.258. The van der Waals surface area contributed by atoms with Gasteiger partial charge in [-0.1, -0.05) is 18.2 Å². The monoisotopic (exact) mass is 230 g/mol. The smallest absolute Gasteiger partial charge is 0.178 e. The number of halogens is 1. The summed E-state index contributed by atoms with van der Waals surface area (Å²) in [6.07, 6.45) is 1.57. The van der Waals surface area contributed by atoms with E-state index in [9.17, 15) is 8.42 Å². The van der Waals surface area contributed by atoms with Gasteiger partial charge >= 0.3 is 0 Å². The summed E-state index contributed by atoms with van der Waals surface area (Å²) in [5.41, 5.74) is 1.67. The van der Waals surface area contributed by atoms with Crippen molar-refractivity contribution in [3.8, 4) is 0 Å². The van der Waals surface area contributed by atoms with E-state index in [1.807, 2.05) is 12.1 Å². The molecule has 1 aromatic rings. The van der Waals surface area contributed by atoms with Crippen molar-refractivity contribution < 1.29 is 8.42 Å². The molecule has 0 unspecified atom stereocenters. The van der Waals surface area contributed by atoms with E-state index in [1.165, 1.54) is 0 Å². The van der Waals surface area contributed by atoms with E-state index in [2.05, 4.69) is 0 Å². The minimum atomic E-state index is -3.07. The minimum Gasteiger partial charge on any atom is -0.224 e. The zero-order chi connectivity index (χ0) is 10.2. The average Bonchev–Trinajstić information content (AvgIpc) is 2.16. The number of aryl methyl sites for hydroxylation is 1. The number of benzene rings is 1. The Labute approximate surface area is 88.8 Å². The highest BCUT2D eigenvalue weighted by Crippen LogP contribution is 2.29. The Bertz CT molecular complexity index is 437. The van der Waals surface area contributed by atoms with Crippen LogP contribution in [-0.4, -0.2) is 14.2 Å². The van der Waals surface area contributed by atoms with Crippen molar-refractivity contribution in [1.29, 1.82) is 0 Å². The maximum atomic E-state index is 11.8. The molecule has 0 aliphatic carbocycles. The van der Waals surface area contributed by atoms with E-state index in [0.29, 0.717) is 4.90 Å². The topological polar surface area (TPSA) is 34.1 Å². The van der Waals surface area contributed by atoms with Crippen molar-refractivity contribution in [2.75, 3.05) is 5.75 Å². The number of hydrogen-bond acceptors (Lipinski definition) is 2. The summed E-state index contributed by atoms with van der Waals surface area (Å²) in [7, 11) is -3.07. The van der Waals surface area contributed by atoms with Gasteiger partial charge in [-0.25, -0.2) is 8.42 Å². The van der Waals surface area contributed by atoms with Crippen LogP contribution < -0.4 is 0 Å². The lowest BCUT2D eigenvalue weighted by Crippen LogP contribution is -2.17. The van der Waals surface area contributed by atoms with Gasteiger partial charge in [0.1, 0.15) is 0 Å². The molecule has 0 saturated heterocycles. The standard InChI is InChI=1S/C10H11ClO2S/c11-7-9-4-1-3-8-5-2-6-14(12,13)10(8)9/h1,3-4H,2,5-7H2. The summed E-state index contributed by atoms with van der Waals surface area (Å²) < 4.78 is 23.6. The van der Waals surface area contributed by atoms with Crippen molar-refractivity contribution in [1.82, 2.24) is 0 Å². The predicted molar refractivity (Wildman–Crippen MR) is 56.4 cm³/mol. The van der Waals surface area contributed by atoms with Crippen LogP contribution in [0.3, 0.4) is 0 Å². The first-order valence-electron chi connectivity index (χ1n) is 4.54. The van der Waals surface area contributed by atoms with Gasteiger partial charge in [0.25, 0.3) is 0 Å². The molecule has 0 bridgehead atoms. The Morgan fingerprint density at radius 1 is 1.36 bits per heavy atom. The number of fused-ring (bicyclic) bond motifs is 1. The van der Waals surface area contributed by atoms with Gasteiger partial charge in [0.2, 0.25) is 0 Å². The van der Waals surface area contributed by atoms with Crippen molar-refractivity contribution in [3.05, 3.63) is 29.3 Å².